The van der Waals surface area contributed by atoms with E-state index in [1.807, 2.05) is 0 Å². The summed E-state index contributed by atoms with van der Waals surface area (Å²) in [6, 6.07) is 19.2. The quantitative estimate of drug-likeness (QED) is 0.930. The van der Waals surface area contributed by atoms with Crippen LogP contribution in [0.1, 0.15) is 35.6 Å². The Labute approximate surface area is 126 Å². The van der Waals surface area contributed by atoms with Gasteiger partial charge in [-0.2, -0.15) is 0 Å². The Kier molecular flexibility index (Phi) is 4.09. The van der Waals surface area contributed by atoms with E-state index >= 15 is 0 Å². The molecule has 0 amide bonds. The summed E-state index contributed by atoms with van der Waals surface area (Å²) >= 11 is 0. The van der Waals surface area contributed by atoms with Crippen LogP contribution < -0.4 is 5.73 Å². The van der Waals surface area contributed by atoms with E-state index < -0.39 is 0 Å². The van der Waals surface area contributed by atoms with E-state index in [-0.39, 0.29) is 11.5 Å². The highest BCUT2D eigenvalue weighted by Gasteiger charge is 2.41. The molecule has 1 aliphatic rings. The molecule has 21 heavy (non-hydrogen) atoms. The first-order valence-electron chi connectivity index (χ1n) is 7.68. The molecule has 2 aromatic rings. The molecule has 1 saturated heterocycles. The molecule has 2 aromatic carbocycles. The standard InChI is InChI=1S/C19H23NO/c1-15-7-5-6-10-17(15)18(20)19(11-13-21-14-12-19)16-8-3-2-4-9-16/h2-10,18H,11-14,20H2,1H3. The molecular formula is C19H23NO. The predicted octanol–water partition coefficient (Wildman–Crippen LogP) is 3.74. The third-order valence-corrected chi connectivity index (χ3v) is 4.85. The van der Waals surface area contributed by atoms with Crippen LogP contribution in [-0.2, 0) is 10.2 Å². The van der Waals surface area contributed by atoms with E-state index in [9.17, 15) is 0 Å². The topological polar surface area (TPSA) is 35.2 Å². The molecule has 1 aliphatic heterocycles. The Balaban J connectivity index is 2.06. The van der Waals surface area contributed by atoms with Crippen LogP contribution in [0.4, 0.5) is 0 Å². The molecule has 110 valence electrons. The zero-order chi connectivity index (χ0) is 14.7. The maximum atomic E-state index is 6.78. The second kappa shape index (κ2) is 6.00. The van der Waals surface area contributed by atoms with Gasteiger partial charge in [-0.1, -0.05) is 54.6 Å². The molecule has 1 atom stereocenters. The third-order valence-electron chi connectivity index (χ3n) is 4.85. The molecule has 0 aromatic heterocycles. The van der Waals surface area contributed by atoms with E-state index in [0.29, 0.717) is 0 Å². The number of benzene rings is 2. The second-order valence-corrected chi connectivity index (χ2v) is 5.97. The van der Waals surface area contributed by atoms with Gasteiger partial charge in [-0.3, -0.25) is 0 Å². The fourth-order valence-electron chi connectivity index (χ4n) is 3.52. The van der Waals surface area contributed by atoms with Crippen molar-refractivity contribution >= 4 is 0 Å². The van der Waals surface area contributed by atoms with E-state index in [4.69, 9.17) is 10.5 Å². The Morgan fingerprint density at radius 3 is 2.24 bits per heavy atom. The van der Waals surface area contributed by atoms with Crippen LogP contribution in [0.5, 0.6) is 0 Å². The number of nitrogens with two attached hydrogens (primary N) is 1. The monoisotopic (exact) mass is 281 g/mol. The molecule has 0 spiro atoms. The van der Waals surface area contributed by atoms with Crippen LogP contribution in [0, 0.1) is 6.92 Å². The van der Waals surface area contributed by atoms with Gasteiger partial charge in [-0.05, 0) is 36.5 Å². The molecule has 2 heteroatoms. The lowest BCUT2D eigenvalue weighted by Gasteiger charge is -2.43. The molecule has 2 nitrogen and oxygen atoms in total. The maximum absolute atomic E-state index is 6.78. The van der Waals surface area contributed by atoms with Crippen molar-refractivity contribution in [2.75, 3.05) is 13.2 Å². The highest BCUT2D eigenvalue weighted by molar-refractivity contribution is 5.37. The number of ether oxygens (including phenoxy) is 1. The van der Waals surface area contributed by atoms with Crippen molar-refractivity contribution in [1.82, 2.24) is 0 Å². The molecule has 2 N–H and O–H groups in total. The summed E-state index contributed by atoms with van der Waals surface area (Å²) < 4.78 is 5.61. The second-order valence-electron chi connectivity index (χ2n) is 5.97. The van der Waals surface area contributed by atoms with Gasteiger partial charge in [0.2, 0.25) is 0 Å². The van der Waals surface area contributed by atoms with Gasteiger partial charge in [-0.25, -0.2) is 0 Å². The average Bonchev–Trinajstić information content (AvgIpc) is 2.56. The Hall–Kier alpha value is -1.64. The van der Waals surface area contributed by atoms with E-state index in [0.717, 1.165) is 26.1 Å². The van der Waals surface area contributed by atoms with Crippen molar-refractivity contribution < 1.29 is 4.74 Å². The highest BCUT2D eigenvalue weighted by atomic mass is 16.5. The van der Waals surface area contributed by atoms with Crippen molar-refractivity contribution in [3.05, 3.63) is 71.3 Å². The molecule has 0 saturated carbocycles. The molecule has 0 radical (unpaired) electrons. The van der Waals surface area contributed by atoms with Crippen molar-refractivity contribution in [2.24, 2.45) is 5.73 Å². The lowest BCUT2D eigenvalue weighted by Crippen LogP contribution is -2.43. The van der Waals surface area contributed by atoms with Gasteiger partial charge < -0.3 is 10.5 Å². The minimum atomic E-state index is -0.0222. The summed E-state index contributed by atoms with van der Waals surface area (Å²) in [6.45, 7) is 3.72. The van der Waals surface area contributed by atoms with Crippen molar-refractivity contribution in [1.29, 1.82) is 0 Å². The first kappa shape index (κ1) is 14.3. The summed E-state index contributed by atoms with van der Waals surface area (Å²) in [6.07, 6.45) is 1.96. The fraction of sp³-hybridized carbons (Fsp3) is 0.368. The summed E-state index contributed by atoms with van der Waals surface area (Å²) in [5.41, 5.74) is 10.6. The lowest BCUT2D eigenvalue weighted by molar-refractivity contribution is 0.0397. The van der Waals surface area contributed by atoms with Gasteiger partial charge in [0, 0.05) is 24.7 Å². The average molecular weight is 281 g/mol. The largest absolute Gasteiger partial charge is 0.381 e. The minimum Gasteiger partial charge on any atom is -0.381 e. The first-order chi connectivity index (χ1) is 10.2. The maximum Gasteiger partial charge on any atom is 0.0475 e. The Morgan fingerprint density at radius 2 is 1.57 bits per heavy atom. The van der Waals surface area contributed by atoms with Crippen LogP contribution in [0.2, 0.25) is 0 Å². The van der Waals surface area contributed by atoms with Crippen LogP contribution in [0.15, 0.2) is 54.6 Å². The minimum absolute atomic E-state index is 0.00463. The molecule has 1 unspecified atom stereocenters. The van der Waals surface area contributed by atoms with Gasteiger partial charge in [0.25, 0.3) is 0 Å². The molecule has 1 heterocycles. The van der Waals surface area contributed by atoms with Gasteiger partial charge in [0.15, 0.2) is 0 Å². The van der Waals surface area contributed by atoms with Crippen molar-refractivity contribution in [2.45, 2.75) is 31.2 Å². The normalized spacial score (nSPS) is 19.1. The van der Waals surface area contributed by atoms with Crippen LogP contribution >= 0.6 is 0 Å². The molecule has 3 rings (SSSR count). The van der Waals surface area contributed by atoms with Crippen molar-refractivity contribution in [3.63, 3.8) is 0 Å². The molecule has 0 aliphatic carbocycles. The van der Waals surface area contributed by atoms with E-state index in [1.54, 1.807) is 0 Å². The van der Waals surface area contributed by atoms with Crippen LogP contribution in [0.25, 0.3) is 0 Å². The van der Waals surface area contributed by atoms with Crippen LogP contribution in [-0.4, -0.2) is 13.2 Å². The zero-order valence-corrected chi connectivity index (χ0v) is 12.6. The Bertz CT molecular complexity index is 588. The van der Waals surface area contributed by atoms with E-state index in [2.05, 4.69) is 61.5 Å². The van der Waals surface area contributed by atoms with Crippen LogP contribution in [0.3, 0.4) is 0 Å². The summed E-state index contributed by atoms with van der Waals surface area (Å²) in [5.74, 6) is 0. The summed E-state index contributed by atoms with van der Waals surface area (Å²) in [7, 11) is 0. The Morgan fingerprint density at radius 1 is 0.952 bits per heavy atom. The predicted molar refractivity (Wildman–Crippen MR) is 86.3 cm³/mol. The zero-order valence-electron chi connectivity index (χ0n) is 12.6. The third kappa shape index (κ3) is 2.61. The molecular weight excluding hydrogens is 258 g/mol. The fourth-order valence-corrected chi connectivity index (χ4v) is 3.52. The summed E-state index contributed by atoms with van der Waals surface area (Å²) in [5, 5.41) is 0. The van der Waals surface area contributed by atoms with E-state index in [1.165, 1.54) is 16.7 Å². The molecule has 0 bridgehead atoms. The van der Waals surface area contributed by atoms with Gasteiger partial charge in [-0.15, -0.1) is 0 Å². The highest BCUT2D eigenvalue weighted by Crippen LogP contribution is 2.44. The number of hydrogen-bond acceptors (Lipinski definition) is 2. The van der Waals surface area contributed by atoms with Crippen molar-refractivity contribution in [3.8, 4) is 0 Å². The molecule has 1 fully saturated rings. The lowest BCUT2D eigenvalue weighted by atomic mass is 9.66. The van der Waals surface area contributed by atoms with Gasteiger partial charge >= 0.3 is 0 Å². The van der Waals surface area contributed by atoms with Gasteiger partial charge in [0.1, 0.15) is 0 Å². The number of aryl methyl sites for hydroxylation is 1. The SMILES string of the molecule is Cc1ccccc1C(N)C1(c2ccccc2)CCOCC1. The number of rotatable bonds is 3. The summed E-state index contributed by atoms with van der Waals surface area (Å²) in [4.78, 5) is 0. The number of hydrogen-bond donors (Lipinski definition) is 1. The van der Waals surface area contributed by atoms with Gasteiger partial charge in [0.05, 0.1) is 0 Å². The first-order valence-corrected chi connectivity index (χ1v) is 7.68. The smallest absolute Gasteiger partial charge is 0.0475 e.